The molecule has 0 heterocycles. The zero-order valence-electron chi connectivity index (χ0n) is 18.3. The molecule has 0 saturated heterocycles. The predicted octanol–water partition coefficient (Wildman–Crippen LogP) is 3.48. The summed E-state index contributed by atoms with van der Waals surface area (Å²) in [5, 5.41) is 0. The molecule has 0 radical (unpaired) electrons. The van der Waals surface area contributed by atoms with Crippen molar-refractivity contribution in [3.05, 3.63) is 0 Å². The zero-order valence-corrected chi connectivity index (χ0v) is 20.7. The van der Waals surface area contributed by atoms with E-state index in [9.17, 15) is 19.2 Å². The van der Waals surface area contributed by atoms with Crippen LogP contribution >= 0.6 is 0 Å². The van der Waals surface area contributed by atoms with Crippen molar-refractivity contribution in [2.45, 2.75) is 74.5 Å². The van der Waals surface area contributed by atoms with Gasteiger partial charge in [0, 0.05) is 0 Å². The molecule has 0 fully saturated rings. The molecule has 0 aromatic rings. The Bertz CT molecular complexity index is 475. The quantitative estimate of drug-likeness (QED) is 0.162. The average molecular weight is 496 g/mol. The molecule has 0 aromatic carbocycles. The Labute approximate surface area is 179 Å². The molecular formula is C20H36O8Zr. The van der Waals surface area contributed by atoms with Crippen LogP contribution in [0.5, 0.6) is 0 Å². The summed E-state index contributed by atoms with van der Waals surface area (Å²) in [7, 11) is 0. The van der Waals surface area contributed by atoms with Crippen LogP contribution in [0.15, 0.2) is 0 Å². The molecule has 0 spiro atoms. The van der Waals surface area contributed by atoms with Crippen LogP contribution in [0.2, 0.25) is 8.26 Å². The van der Waals surface area contributed by atoms with Gasteiger partial charge in [-0.1, -0.05) is 0 Å². The molecule has 0 saturated carbocycles. The standard InChI is InChI=1S/2C6H9O3.2C4H9O.Zr/c2*1-3-9-6(8)4-5(2)7;2*1-2-3-4-5;/h2*2-4H2,1H3;2*2-4H2,1H3;/q;;2*-1;+2. The van der Waals surface area contributed by atoms with E-state index in [1.165, 1.54) is 0 Å². The van der Waals surface area contributed by atoms with Crippen LogP contribution < -0.4 is 0 Å². The van der Waals surface area contributed by atoms with Crippen molar-refractivity contribution in [1.29, 1.82) is 0 Å². The second-order valence-electron chi connectivity index (χ2n) is 6.71. The number of rotatable bonds is 18. The molecule has 0 unspecified atom stereocenters. The molecule has 0 aliphatic rings. The first kappa shape index (κ1) is 28.1. The summed E-state index contributed by atoms with van der Waals surface area (Å²) in [4.78, 5) is 48.3. The number of hydrogen-bond acceptors (Lipinski definition) is 8. The van der Waals surface area contributed by atoms with Crippen LogP contribution in [-0.2, 0) is 55.4 Å². The van der Waals surface area contributed by atoms with E-state index >= 15 is 0 Å². The van der Waals surface area contributed by atoms with Gasteiger partial charge in [-0.25, -0.2) is 0 Å². The summed E-state index contributed by atoms with van der Waals surface area (Å²) in [6.07, 6.45) is 2.59. The van der Waals surface area contributed by atoms with Crippen molar-refractivity contribution in [3.63, 3.8) is 0 Å². The first-order valence-corrected chi connectivity index (χ1v) is 15.9. The molecule has 8 nitrogen and oxygen atoms in total. The fourth-order valence-corrected chi connectivity index (χ4v) is 10.2. The van der Waals surface area contributed by atoms with Crippen LogP contribution in [-0.4, -0.2) is 49.9 Å². The number of carbonyl (C=O) groups excluding carboxylic acids is 4. The number of hydrogen-bond donors (Lipinski definition) is 0. The number of Topliss-reactive ketones (excluding diaryl/α,β-unsaturated/α-hetero) is 2. The van der Waals surface area contributed by atoms with E-state index in [0.29, 0.717) is 13.2 Å². The molecule has 0 aromatic heterocycles. The van der Waals surface area contributed by atoms with E-state index in [1.54, 1.807) is 13.8 Å². The monoisotopic (exact) mass is 494 g/mol. The molecule has 0 N–H and O–H groups in total. The first-order chi connectivity index (χ1) is 13.8. The number of carbonyl (C=O) groups is 4. The molecule has 0 aliphatic heterocycles. The molecule has 0 aliphatic carbocycles. The second kappa shape index (κ2) is 16.8. The SMILES string of the molecule is CCCC[O][Zr]([CH2]C(=O)CC(=O)OCC)([CH2]C(=O)CC(=O)OCC)[O]CCCC. The van der Waals surface area contributed by atoms with Gasteiger partial charge in [-0.05, 0) is 0 Å². The van der Waals surface area contributed by atoms with Gasteiger partial charge in [-0.3, -0.25) is 0 Å². The van der Waals surface area contributed by atoms with E-state index in [4.69, 9.17) is 15.1 Å². The van der Waals surface area contributed by atoms with Crippen LogP contribution in [0.1, 0.15) is 66.2 Å². The molecule has 9 heteroatoms. The van der Waals surface area contributed by atoms with Gasteiger partial charge in [-0.15, -0.1) is 0 Å². The van der Waals surface area contributed by atoms with E-state index in [2.05, 4.69) is 0 Å². The van der Waals surface area contributed by atoms with Gasteiger partial charge in [0.05, 0.1) is 0 Å². The van der Waals surface area contributed by atoms with Crippen molar-refractivity contribution in [2.75, 3.05) is 26.4 Å². The Balaban J connectivity index is 5.35. The minimum absolute atomic E-state index is 0.0600. The van der Waals surface area contributed by atoms with Crippen LogP contribution in [0.3, 0.4) is 0 Å². The van der Waals surface area contributed by atoms with Crippen molar-refractivity contribution in [2.24, 2.45) is 0 Å². The third-order valence-corrected chi connectivity index (χ3v) is 12.1. The molecule has 0 amide bonds. The van der Waals surface area contributed by atoms with Crippen molar-refractivity contribution in [3.8, 4) is 0 Å². The van der Waals surface area contributed by atoms with E-state index in [-0.39, 0.29) is 45.9 Å². The molecule has 0 rings (SSSR count). The Morgan fingerprint density at radius 1 is 0.655 bits per heavy atom. The Hall–Kier alpha value is -0.917. The Morgan fingerprint density at radius 2 is 1.03 bits per heavy atom. The maximum atomic E-state index is 12.5. The summed E-state index contributed by atoms with van der Waals surface area (Å²) in [5.74, 6) is -1.90. The molecule has 0 bridgehead atoms. The molecule has 29 heavy (non-hydrogen) atoms. The fraction of sp³-hybridized carbons (Fsp3) is 0.800. The van der Waals surface area contributed by atoms with Crippen molar-refractivity contribution < 1.29 is 55.4 Å². The van der Waals surface area contributed by atoms with Crippen LogP contribution in [0, 0.1) is 0 Å². The molecular weight excluding hydrogens is 459 g/mol. The third kappa shape index (κ3) is 13.8. The first-order valence-electron chi connectivity index (χ1n) is 10.4. The summed E-state index contributed by atoms with van der Waals surface area (Å²) in [6.45, 7) is 8.52. The summed E-state index contributed by atoms with van der Waals surface area (Å²) in [5.41, 5.74) is 0. The summed E-state index contributed by atoms with van der Waals surface area (Å²) >= 11 is -4.21. The van der Waals surface area contributed by atoms with Gasteiger partial charge in [0.1, 0.15) is 0 Å². The fourth-order valence-electron chi connectivity index (χ4n) is 2.59. The van der Waals surface area contributed by atoms with Crippen molar-refractivity contribution in [1.82, 2.24) is 0 Å². The van der Waals surface area contributed by atoms with E-state index in [0.717, 1.165) is 25.7 Å². The zero-order chi connectivity index (χ0) is 22.1. The van der Waals surface area contributed by atoms with Gasteiger partial charge in [0.15, 0.2) is 0 Å². The van der Waals surface area contributed by atoms with Gasteiger partial charge >= 0.3 is 180 Å². The number of ether oxygens (including phenoxy) is 2. The van der Waals surface area contributed by atoms with Crippen molar-refractivity contribution >= 4 is 23.5 Å². The Kier molecular flexibility index (Phi) is 16.3. The van der Waals surface area contributed by atoms with Gasteiger partial charge < -0.3 is 0 Å². The van der Waals surface area contributed by atoms with E-state index in [1.807, 2.05) is 13.8 Å². The number of unbranched alkanes of at least 4 members (excludes halogenated alkanes) is 2. The summed E-state index contributed by atoms with van der Waals surface area (Å²) < 4.78 is 21.7. The maximum absolute atomic E-state index is 12.5. The second-order valence-corrected chi connectivity index (χ2v) is 14.3. The van der Waals surface area contributed by atoms with Gasteiger partial charge in [0.2, 0.25) is 0 Å². The third-order valence-electron chi connectivity index (χ3n) is 3.95. The molecule has 0 atom stereocenters. The summed E-state index contributed by atoms with van der Waals surface area (Å²) in [6, 6.07) is 0. The van der Waals surface area contributed by atoms with Gasteiger partial charge in [-0.2, -0.15) is 0 Å². The Morgan fingerprint density at radius 3 is 1.34 bits per heavy atom. The van der Waals surface area contributed by atoms with E-state index < -0.39 is 33.1 Å². The van der Waals surface area contributed by atoms with Crippen LogP contribution in [0.25, 0.3) is 0 Å². The number of ketones is 2. The van der Waals surface area contributed by atoms with Crippen LogP contribution in [0.4, 0.5) is 0 Å². The minimum atomic E-state index is -4.21. The predicted molar refractivity (Wildman–Crippen MR) is 104 cm³/mol. The number of esters is 2. The molecule has 168 valence electrons. The van der Waals surface area contributed by atoms with Gasteiger partial charge in [0.25, 0.3) is 0 Å². The average Bonchev–Trinajstić information content (AvgIpc) is 2.62. The normalized spacial score (nSPS) is 11.2. The topological polar surface area (TPSA) is 105 Å².